The lowest BCUT2D eigenvalue weighted by atomic mass is 10.2. The molecule has 0 aromatic carbocycles. The predicted molar refractivity (Wildman–Crippen MR) is 35.4 cm³/mol. The van der Waals surface area contributed by atoms with Crippen molar-refractivity contribution in [3.63, 3.8) is 0 Å². The van der Waals surface area contributed by atoms with Gasteiger partial charge in [-0.2, -0.15) is 8.78 Å². The van der Waals surface area contributed by atoms with E-state index in [0.717, 1.165) is 0 Å². The standard InChI is InChI=1S/C5H7Cl2F3/c1-2-3-4(6,8)5(7,9)10/h2-3H2,1H3/t4-/m0/s1. The number of rotatable bonds is 3. The van der Waals surface area contributed by atoms with Crippen molar-refractivity contribution in [3.05, 3.63) is 0 Å². The number of halogens is 5. The van der Waals surface area contributed by atoms with Gasteiger partial charge in [-0.15, -0.1) is 0 Å². The van der Waals surface area contributed by atoms with Crippen molar-refractivity contribution in [1.29, 1.82) is 0 Å². The summed E-state index contributed by atoms with van der Waals surface area (Å²) in [4.78, 5) is 0. The summed E-state index contributed by atoms with van der Waals surface area (Å²) >= 11 is 9.13. The molecule has 0 fully saturated rings. The largest absolute Gasteiger partial charge is 0.368 e. The fourth-order valence-corrected chi connectivity index (χ4v) is 0.739. The van der Waals surface area contributed by atoms with Crippen molar-refractivity contribution in [2.45, 2.75) is 30.3 Å². The van der Waals surface area contributed by atoms with Crippen LogP contribution in [-0.4, -0.2) is 10.5 Å². The van der Waals surface area contributed by atoms with E-state index < -0.39 is 16.9 Å². The van der Waals surface area contributed by atoms with Gasteiger partial charge < -0.3 is 0 Å². The maximum Gasteiger partial charge on any atom is 0.368 e. The molecule has 0 N–H and O–H groups in total. The summed E-state index contributed by atoms with van der Waals surface area (Å²) in [5, 5.41) is -7.09. The molecule has 0 nitrogen and oxygen atoms in total. The highest BCUT2D eigenvalue weighted by atomic mass is 35.5. The van der Waals surface area contributed by atoms with Gasteiger partial charge in [-0.1, -0.05) is 24.9 Å². The Bertz CT molecular complexity index is 108. The van der Waals surface area contributed by atoms with Gasteiger partial charge in [-0.25, -0.2) is 4.39 Å². The molecule has 0 aromatic rings. The molecule has 0 heterocycles. The molecule has 10 heavy (non-hydrogen) atoms. The smallest absolute Gasteiger partial charge is 0.218 e. The Morgan fingerprint density at radius 1 is 1.20 bits per heavy atom. The Balaban J connectivity index is 4.10. The van der Waals surface area contributed by atoms with Gasteiger partial charge in [-0.05, 0) is 11.6 Å². The zero-order chi connectivity index (χ0) is 8.41. The van der Waals surface area contributed by atoms with Crippen molar-refractivity contribution in [2.75, 3.05) is 0 Å². The molecule has 0 aliphatic rings. The van der Waals surface area contributed by atoms with Crippen molar-refractivity contribution in [1.82, 2.24) is 0 Å². The normalized spacial score (nSPS) is 18.6. The van der Waals surface area contributed by atoms with Gasteiger partial charge in [0.05, 0.1) is 0 Å². The third-order valence-corrected chi connectivity index (χ3v) is 1.80. The molecule has 0 bridgehead atoms. The summed E-state index contributed by atoms with van der Waals surface area (Å²) in [5.74, 6) is 0. The molecule has 0 radical (unpaired) electrons. The van der Waals surface area contributed by atoms with Crippen LogP contribution in [0.25, 0.3) is 0 Å². The van der Waals surface area contributed by atoms with E-state index in [9.17, 15) is 13.2 Å². The van der Waals surface area contributed by atoms with Crippen LogP contribution in [0.3, 0.4) is 0 Å². The fourth-order valence-electron chi connectivity index (χ4n) is 0.456. The summed E-state index contributed by atoms with van der Waals surface area (Å²) in [6, 6.07) is 0. The monoisotopic (exact) mass is 194 g/mol. The summed E-state index contributed by atoms with van der Waals surface area (Å²) in [7, 11) is 0. The molecule has 0 aromatic heterocycles. The minimum Gasteiger partial charge on any atom is -0.218 e. The number of alkyl halides is 5. The van der Waals surface area contributed by atoms with E-state index in [1.807, 2.05) is 0 Å². The van der Waals surface area contributed by atoms with E-state index in [-0.39, 0.29) is 6.42 Å². The zero-order valence-corrected chi connectivity index (χ0v) is 6.82. The lowest BCUT2D eigenvalue weighted by molar-refractivity contribution is -0.0241. The zero-order valence-electron chi connectivity index (χ0n) is 5.30. The van der Waals surface area contributed by atoms with E-state index in [4.69, 9.17) is 11.6 Å². The second-order valence-corrected chi connectivity index (χ2v) is 3.03. The summed E-state index contributed by atoms with van der Waals surface area (Å²) in [6.07, 6.45) is -0.229. The molecule has 62 valence electrons. The molecule has 0 saturated carbocycles. The minimum absolute atomic E-state index is 0.225. The van der Waals surface area contributed by atoms with Gasteiger partial charge in [0.25, 0.3) is 5.13 Å². The minimum atomic E-state index is -3.98. The highest BCUT2D eigenvalue weighted by Crippen LogP contribution is 2.42. The first-order valence-electron chi connectivity index (χ1n) is 2.76. The first kappa shape index (κ1) is 10.4. The molecule has 0 rings (SSSR count). The van der Waals surface area contributed by atoms with Gasteiger partial charge in [-0.3, -0.25) is 0 Å². The van der Waals surface area contributed by atoms with Gasteiger partial charge in [0.2, 0.25) is 0 Å². The van der Waals surface area contributed by atoms with Crippen molar-refractivity contribution in [2.24, 2.45) is 0 Å². The van der Waals surface area contributed by atoms with Crippen molar-refractivity contribution >= 4 is 23.2 Å². The SMILES string of the molecule is CCC[C@@](F)(Cl)C(F)(F)Cl. The van der Waals surface area contributed by atoms with Crippen LogP contribution in [0.4, 0.5) is 13.2 Å². The summed E-state index contributed by atoms with van der Waals surface area (Å²) < 4.78 is 36.4. The molecule has 0 aliphatic carbocycles. The molecule has 0 aliphatic heterocycles. The van der Waals surface area contributed by atoms with Crippen LogP contribution in [0.5, 0.6) is 0 Å². The van der Waals surface area contributed by atoms with Crippen molar-refractivity contribution in [3.8, 4) is 0 Å². The lowest BCUT2D eigenvalue weighted by Gasteiger charge is -2.21. The Kier molecular flexibility index (Phi) is 3.30. The molecule has 1 atom stereocenters. The van der Waals surface area contributed by atoms with Crippen LogP contribution >= 0.6 is 23.2 Å². The first-order valence-corrected chi connectivity index (χ1v) is 3.51. The van der Waals surface area contributed by atoms with Crippen LogP contribution in [0, 0.1) is 0 Å². The highest BCUT2D eigenvalue weighted by molar-refractivity contribution is 6.32. The first-order chi connectivity index (χ1) is 4.31. The van der Waals surface area contributed by atoms with Gasteiger partial charge in [0.1, 0.15) is 0 Å². The van der Waals surface area contributed by atoms with E-state index >= 15 is 0 Å². The third-order valence-electron chi connectivity index (χ3n) is 0.979. The maximum atomic E-state index is 12.5. The summed E-state index contributed by atoms with van der Waals surface area (Å²) in [5.41, 5.74) is 0. The quantitative estimate of drug-likeness (QED) is 0.604. The van der Waals surface area contributed by atoms with Crippen LogP contribution in [0.1, 0.15) is 19.8 Å². The summed E-state index contributed by atoms with van der Waals surface area (Å²) in [6.45, 7) is 1.54. The third kappa shape index (κ3) is 2.54. The molecule has 0 saturated heterocycles. The number of hydrogen-bond acceptors (Lipinski definition) is 0. The van der Waals surface area contributed by atoms with Gasteiger partial charge in [0, 0.05) is 6.42 Å². The average Bonchev–Trinajstić information content (AvgIpc) is 1.61. The van der Waals surface area contributed by atoms with Crippen LogP contribution in [-0.2, 0) is 0 Å². The predicted octanol–water partition coefficient (Wildman–Crippen LogP) is 3.52. The van der Waals surface area contributed by atoms with E-state index in [0.29, 0.717) is 0 Å². The molecule has 0 amide bonds. The van der Waals surface area contributed by atoms with Gasteiger partial charge in [0.15, 0.2) is 0 Å². The van der Waals surface area contributed by atoms with Crippen LogP contribution < -0.4 is 0 Å². The fraction of sp³-hybridized carbons (Fsp3) is 1.00. The highest BCUT2D eigenvalue weighted by Gasteiger charge is 2.51. The van der Waals surface area contributed by atoms with Crippen LogP contribution in [0.2, 0.25) is 0 Å². The van der Waals surface area contributed by atoms with E-state index in [2.05, 4.69) is 11.6 Å². The molecular formula is C5H7Cl2F3. The topological polar surface area (TPSA) is 0 Å². The second kappa shape index (κ2) is 3.18. The van der Waals surface area contributed by atoms with Crippen molar-refractivity contribution < 1.29 is 13.2 Å². The molecule has 0 unspecified atom stereocenters. The van der Waals surface area contributed by atoms with Gasteiger partial charge >= 0.3 is 5.38 Å². The second-order valence-electron chi connectivity index (χ2n) is 1.95. The molecule has 5 heteroatoms. The Morgan fingerprint density at radius 2 is 1.60 bits per heavy atom. The Hall–Kier alpha value is 0.370. The lowest BCUT2D eigenvalue weighted by Crippen LogP contribution is -2.33. The van der Waals surface area contributed by atoms with E-state index in [1.54, 1.807) is 6.92 Å². The number of hydrogen-bond donors (Lipinski definition) is 0. The van der Waals surface area contributed by atoms with E-state index in [1.165, 1.54) is 0 Å². The maximum absolute atomic E-state index is 12.5. The molecular weight excluding hydrogens is 188 g/mol. The Morgan fingerprint density at radius 3 is 1.70 bits per heavy atom. The Labute approximate surface area is 67.3 Å². The average molecular weight is 195 g/mol. The van der Waals surface area contributed by atoms with Crippen LogP contribution in [0.15, 0.2) is 0 Å². The molecule has 0 spiro atoms.